The van der Waals surface area contributed by atoms with Gasteiger partial charge in [0.15, 0.2) is 5.82 Å². The predicted molar refractivity (Wildman–Crippen MR) is 78.9 cm³/mol. The molecule has 0 saturated carbocycles. The highest BCUT2D eigenvalue weighted by atomic mass is 16.5. The number of hydrogen-bond donors (Lipinski definition) is 2. The minimum atomic E-state index is -0.101. The molecule has 7 nitrogen and oxygen atoms in total. The third-order valence-electron chi connectivity index (χ3n) is 3.57. The largest absolute Gasteiger partial charge is 0.377 e. The summed E-state index contributed by atoms with van der Waals surface area (Å²) in [5.41, 5.74) is -0.101. The van der Waals surface area contributed by atoms with Gasteiger partial charge in [-0.15, -0.1) is 0 Å². The van der Waals surface area contributed by atoms with Crippen LogP contribution in [0, 0.1) is 0 Å². The van der Waals surface area contributed by atoms with Crippen molar-refractivity contribution in [1.82, 2.24) is 25.4 Å². The number of aromatic nitrogens is 3. The molecule has 7 heteroatoms. The summed E-state index contributed by atoms with van der Waals surface area (Å²) in [6, 6.07) is 0.0810. The molecule has 1 saturated heterocycles. The van der Waals surface area contributed by atoms with Crippen LogP contribution in [0.1, 0.15) is 45.8 Å². The number of morpholine rings is 1. The summed E-state index contributed by atoms with van der Waals surface area (Å²) in [7, 11) is 0. The molecule has 2 heterocycles. The fourth-order valence-electron chi connectivity index (χ4n) is 2.23. The fourth-order valence-corrected chi connectivity index (χ4v) is 2.23. The Hall–Kier alpha value is -1.63. The van der Waals surface area contributed by atoms with Crippen molar-refractivity contribution < 1.29 is 9.53 Å². The van der Waals surface area contributed by atoms with Crippen molar-refractivity contribution in [3.63, 3.8) is 0 Å². The van der Waals surface area contributed by atoms with Crippen LogP contribution in [0.15, 0.2) is 0 Å². The fraction of sp³-hybridized carbons (Fsp3) is 0.786. The van der Waals surface area contributed by atoms with Crippen molar-refractivity contribution >= 4 is 6.03 Å². The van der Waals surface area contributed by atoms with Crippen molar-refractivity contribution in [2.45, 2.75) is 52.1 Å². The highest BCUT2D eigenvalue weighted by molar-refractivity contribution is 5.74. The number of hydrogen-bond acceptors (Lipinski definition) is 4. The van der Waals surface area contributed by atoms with E-state index in [2.05, 4.69) is 48.2 Å². The second-order valence-corrected chi connectivity index (χ2v) is 6.34. The standard InChI is InChI=1S/C14H25N5O2/c1-5-10-9-21-7-6-19(10)13(20)15-8-11-16-12(18-17-11)14(2,3)4/h10H,5-9H2,1-4H3,(H,15,20)(H,16,17,18). The van der Waals surface area contributed by atoms with Crippen molar-refractivity contribution in [3.05, 3.63) is 11.6 Å². The van der Waals surface area contributed by atoms with Gasteiger partial charge in [-0.05, 0) is 6.42 Å². The molecule has 0 spiro atoms. The van der Waals surface area contributed by atoms with E-state index in [1.54, 1.807) is 0 Å². The maximum absolute atomic E-state index is 12.2. The van der Waals surface area contributed by atoms with Crippen LogP contribution in [0.2, 0.25) is 0 Å². The van der Waals surface area contributed by atoms with Gasteiger partial charge in [0, 0.05) is 12.0 Å². The Morgan fingerprint density at radius 1 is 1.52 bits per heavy atom. The first-order valence-corrected chi connectivity index (χ1v) is 7.45. The minimum Gasteiger partial charge on any atom is -0.377 e. The molecule has 1 fully saturated rings. The molecule has 0 bridgehead atoms. The van der Waals surface area contributed by atoms with Gasteiger partial charge in [0.05, 0.1) is 25.8 Å². The van der Waals surface area contributed by atoms with E-state index in [-0.39, 0.29) is 17.5 Å². The lowest BCUT2D eigenvalue weighted by atomic mass is 9.96. The Morgan fingerprint density at radius 3 is 2.90 bits per heavy atom. The zero-order valence-electron chi connectivity index (χ0n) is 13.3. The van der Waals surface area contributed by atoms with E-state index in [1.807, 2.05) is 4.90 Å². The first kappa shape index (κ1) is 15.8. The SMILES string of the molecule is CCC1COCCN1C(=O)NCc1nc(C(C)(C)C)n[nH]1. The van der Waals surface area contributed by atoms with Crippen LogP contribution in [-0.4, -0.2) is 51.9 Å². The summed E-state index contributed by atoms with van der Waals surface area (Å²) in [6.45, 7) is 10.4. The van der Waals surface area contributed by atoms with Crippen molar-refractivity contribution in [2.24, 2.45) is 0 Å². The Balaban J connectivity index is 1.90. The lowest BCUT2D eigenvalue weighted by molar-refractivity contribution is 0.0112. The molecule has 1 aliphatic heterocycles. The van der Waals surface area contributed by atoms with Gasteiger partial charge < -0.3 is 15.0 Å². The molecular weight excluding hydrogens is 270 g/mol. The molecule has 2 N–H and O–H groups in total. The lowest BCUT2D eigenvalue weighted by Crippen LogP contribution is -2.52. The number of H-pyrrole nitrogens is 1. The van der Waals surface area contributed by atoms with Crippen LogP contribution in [-0.2, 0) is 16.7 Å². The molecule has 1 unspecified atom stereocenters. The number of ether oxygens (including phenoxy) is 1. The molecule has 2 amide bonds. The van der Waals surface area contributed by atoms with E-state index >= 15 is 0 Å². The highest BCUT2D eigenvalue weighted by Gasteiger charge is 2.26. The molecule has 0 aliphatic carbocycles. The van der Waals surface area contributed by atoms with Crippen LogP contribution < -0.4 is 5.32 Å². The summed E-state index contributed by atoms with van der Waals surface area (Å²) < 4.78 is 5.41. The molecule has 21 heavy (non-hydrogen) atoms. The number of rotatable bonds is 3. The summed E-state index contributed by atoms with van der Waals surface area (Å²) in [4.78, 5) is 18.5. The Kier molecular flexibility index (Phi) is 4.82. The van der Waals surface area contributed by atoms with Gasteiger partial charge >= 0.3 is 6.03 Å². The average Bonchev–Trinajstić information content (AvgIpc) is 2.93. The third-order valence-corrected chi connectivity index (χ3v) is 3.57. The monoisotopic (exact) mass is 295 g/mol. The molecule has 0 aromatic carbocycles. The Morgan fingerprint density at radius 2 is 2.29 bits per heavy atom. The molecule has 1 aromatic heterocycles. The zero-order valence-corrected chi connectivity index (χ0v) is 13.3. The summed E-state index contributed by atoms with van der Waals surface area (Å²) in [5, 5.41) is 9.96. The number of carbonyl (C=O) groups excluding carboxylic acids is 1. The van der Waals surface area contributed by atoms with E-state index < -0.39 is 0 Å². The summed E-state index contributed by atoms with van der Waals surface area (Å²) >= 11 is 0. The molecule has 118 valence electrons. The second-order valence-electron chi connectivity index (χ2n) is 6.34. The topological polar surface area (TPSA) is 83.1 Å². The van der Waals surface area contributed by atoms with Crippen molar-refractivity contribution in [3.8, 4) is 0 Å². The Labute approximate surface area is 125 Å². The number of carbonyl (C=O) groups is 1. The second kappa shape index (κ2) is 6.43. The molecule has 1 aliphatic rings. The number of amides is 2. The van der Waals surface area contributed by atoms with Gasteiger partial charge in [-0.1, -0.05) is 27.7 Å². The maximum atomic E-state index is 12.2. The molecular formula is C14H25N5O2. The van der Waals surface area contributed by atoms with Gasteiger partial charge in [-0.25, -0.2) is 9.78 Å². The first-order chi connectivity index (χ1) is 9.91. The normalized spacial score (nSPS) is 19.6. The van der Waals surface area contributed by atoms with E-state index in [9.17, 15) is 4.79 Å². The molecule has 2 rings (SSSR count). The summed E-state index contributed by atoms with van der Waals surface area (Å²) in [6.07, 6.45) is 0.893. The molecule has 1 atom stereocenters. The van der Waals surface area contributed by atoms with E-state index in [4.69, 9.17) is 4.74 Å². The number of urea groups is 1. The van der Waals surface area contributed by atoms with E-state index in [0.717, 1.165) is 12.2 Å². The van der Waals surface area contributed by atoms with Gasteiger partial charge in [0.1, 0.15) is 5.82 Å². The first-order valence-electron chi connectivity index (χ1n) is 7.45. The van der Waals surface area contributed by atoms with Gasteiger partial charge in [0.2, 0.25) is 0 Å². The molecule has 0 radical (unpaired) electrons. The predicted octanol–water partition coefficient (Wildman–Crippen LogP) is 1.42. The van der Waals surface area contributed by atoms with Crippen LogP contribution >= 0.6 is 0 Å². The smallest absolute Gasteiger partial charge is 0.318 e. The van der Waals surface area contributed by atoms with Crippen molar-refractivity contribution in [2.75, 3.05) is 19.8 Å². The van der Waals surface area contributed by atoms with Crippen LogP contribution in [0.3, 0.4) is 0 Å². The number of aromatic amines is 1. The number of nitrogens with zero attached hydrogens (tertiary/aromatic N) is 3. The highest BCUT2D eigenvalue weighted by Crippen LogP contribution is 2.17. The van der Waals surface area contributed by atoms with E-state index in [0.29, 0.717) is 32.1 Å². The molecule has 1 aromatic rings. The van der Waals surface area contributed by atoms with Crippen LogP contribution in [0.25, 0.3) is 0 Å². The third kappa shape index (κ3) is 3.93. The average molecular weight is 295 g/mol. The quantitative estimate of drug-likeness (QED) is 0.883. The lowest BCUT2D eigenvalue weighted by Gasteiger charge is -2.34. The van der Waals surface area contributed by atoms with Crippen LogP contribution in [0.4, 0.5) is 4.79 Å². The number of nitrogens with one attached hydrogen (secondary N) is 2. The minimum absolute atomic E-state index is 0.0705. The Bertz CT molecular complexity index is 480. The van der Waals surface area contributed by atoms with Gasteiger partial charge in [0.25, 0.3) is 0 Å². The zero-order chi connectivity index (χ0) is 15.5. The van der Waals surface area contributed by atoms with Crippen LogP contribution in [0.5, 0.6) is 0 Å². The maximum Gasteiger partial charge on any atom is 0.318 e. The van der Waals surface area contributed by atoms with E-state index in [1.165, 1.54) is 0 Å². The summed E-state index contributed by atoms with van der Waals surface area (Å²) in [5.74, 6) is 1.43. The van der Waals surface area contributed by atoms with Gasteiger partial charge in [-0.2, -0.15) is 5.10 Å². The van der Waals surface area contributed by atoms with Crippen molar-refractivity contribution in [1.29, 1.82) is 0 Å². The van der Waals surface area contributed by atoms with Gasteiger partial charge in [-0.3, -0.25) is 5.10 Å².